The Labute approximate surface area is 69.4 Å². The largest absolute Gasteiger partial charge is 0.395 e. The van der Waals surface area contributed by atoms with E-state index in [-0.39, 0.29) is 12.4 Å². The summed E-state index contributed by atoms with van der Waals surface area (Å²) in [4.78, 5) is 10.5. The summed E-state index contributed by atoms with van der Waals surface area (Å²) in [7, 11) is 0. The van der Waals surface area contributed by atoms with Crippen molar-refractivity contribution in [2.24, 2.45) is 0 Å². The molecule has 1 atom stereocenters. The van der Waals surface area contributed by atoms with Crippen molar-refractivity contribution in [1.82, 2.24) is 5.32 Å². The standard InChI is InChI=1S/C3H7BINO2P/c5-9-4-3(8)6-1-2-7/h7,9H,1-2H2,(H,6,8). The normalized spacial score (nSPS) is 10.0. The van der Waals surface area contributed by atoms with Gasteiger partial charge in [0, 0.05) is 6.54 Å². The number of hydrogen-bond donors (Lipinski definition) is 2. The highest BCUT2D eigenvalue weighted by Crippen LogP contribution is 2.16. The van der Waals surface area contributed by atoms with Gasteiger partial charge in [-0.3, -0.25) is 4.79 Å². The van der Waals surface area contributed by atoms with Gasteiger partial charge in [0.1, 0.15) is 0 Å². The van der Waals surface area contributed by atoms with E-state index in [0.29, 0.717) is 12.6 Å². The van der Waals surface area contributed by atoms with Gasteiger partial charge in [-0.2, -0.15) is 0 Å². The lowest BCUT2D eigenvalue weighted by atomic mass is 10.1. The Morgan fingerprint density at radius 3 is 3.00 bits per heavy atom. The molecule has 3 nitrogen and oxygen atoms in total. The number of carbonyl (C=O) groups excluding carboxylic acids is 1. The van der Waals surface area contributed by atoms with Crippen molar-refractivity contribution in [3.05, 3.63) is 0 Å². The minimum absolute atomic E-state index is 0.00391. The average Bonchev–Trinajstić information content (AvgIpc) is 1.85. The van der Waals surface area contributed by atoms with E-state index < -0.39 is 0 Å². The number of carbonyl (C=O) groups is 1. The molecule has 0 aliphatic rings. The van der Waals surface area contributed by atoms with Crippen LogP contribution < -0.4 is 5.32 Å². The van der Waals surface area contributed by atoms with Crippen LogP contribution in [0.25, 0.3) is 0 Å². The summed E-state index contributed by atoms with van der Waals surface area (Å²) in [5, 5.41) is 10.7. The molecule has 0 spiro atoms. The fraction of sp³-hybridized carbons (Fsp3) is 0.667. The minimum atomic E-state index is -0.100. The highest BCUT2D eigenvalue weighted by molar-refractivity contribution is 14.2. The smallest absolute Gasteiger partial charge is 0.275 e. The van der Waals surface area contributed by atoms with E-state index in [9.17, 15) is 4.79 Å². The molecule has 0 aliphatic heterocycles. The zero-order chi connectivity index (χ0) is 7.11. The van der Waals surface area contributed by atoms with E-state index in [0.717, 1.165) is 0 Å². The fourth-order valence-corrected chi connectivity index (χ4v) is 1.33. The van der Waals surface area contributed by atoms with Gasteiger partial charge in [-0.25, -0.2) is 0 Å². The van der Waals surface area contributed by atoms with Crippen molar-refractivity contribution >= 4 is 40.9 Å². The van der Waals surface area contributed by atoms with Crippen LogP contribution in [0.15, 0.2) is 0 Å². The third kappa shape index (κ3) is 6.54. The van der Waals surface area contributed by atoms with Gasteiger partial charge in [-0.05, 0) is 0 Å². The van der Waals surface area contributed by atoms with Crippen LogP contribution >= 0.6 is 28.1 Å². The number of aliphatic hydroxyl groups excluding tert-OH is 1. The van der Waals surface area contributed by atoms with Crippen molar-refractivity contribution in [2.75, 3.05) is 13.2 Å². The molecule has 9 heavy (non-hydrogen) atoms. The molecule has 1 radical (unpaired) electrons. The van der Waals surface area contributed by atoms with Gasteiger partial charge < -0.3 is 10.4 Å². The van der Waals surface area contributed by atoms with Crippen molar-refractivity contribution in [2.45, 2.75) is 0 Å². The molecule has 6 heteroatoms. The third-order valence-corrected chi connectivity index (χ3v) is 1.90. The van der Waals surface area contributed by atoms with Crippen molar-refractivity contribution in [1.29, 1.82) is 0 Å². The van der Waals surface area contributed by atoms with Gasteiger partial charge in [0.2, 0.25) is 0 Å². The average molecular weight is 258 g/mol. The minimum Gasteiger partial charge on any atom is -0.395 e. The number of rotatable bonds is 4. The van der Waals surface area contributed by atoms with Crippen LogP contribution in [0.5, 0.6) is 0 Å². The second kappa shape index (κ2) is 6.77. The van der Waals surface area contributed by atoms with Crippen LogP contribution in [-0.2, 0) is 0 Å². The predicted octanol–water partition coefficient (Wildman–Crippen LogP) is 0.336. The first-order chi connectivity index (χ1) is 4.31. The molecule has 0 fully saturated rings. The zero-order valence-corrected chi connectivity index (χ0v) is 7.88. The Morgan fingerprint density at radius 2 is 2.56 bits per heavy atom. The molecule has 0 saturated carbocycles. The van der Waals surface area contributed by atoms with Gasteiger partial charge in [-0.15, -0.1) is 0 Å². The van der Waals surface area contributed by atoms with Crippen LogP contribution in [0.1, 0.15) is 0 Å². The molecule has 0 aromatic heterocycles. The van der Waals surface area contributed by atoms with Gasteiger partial charge in [-0.1, -0.05) is 28.1 Å². The second-order valence-corrected chi connectivity index (χ2v) is 3.64. The van der Waals surface area contributed by atoms with Gasteiger partial charge in [0.25, 0.3) is 7.00 Å². The van der Waals surface area contributed by atoms with Gasteiger partial charge >= 0.3 is 0 Å². The first kappa shape index (κ1) is 9.65. The lowest BCUT2D eigenvalue weighted by Crippen LogP contribution is -2.27. The summed E-state index contributed by atoms with van der Waals surface area (Å²) < 4.78 is 0. The van der Waals surface area contributed by atoms with Gasteiger partial charge in [0.05, 0.1) is 6.61 Å². The van der Waals surface area contributed by atoms with Crippen molar-refractivity contribution in [3.8, 4) is 0 Å². The molecule has 0 saturated heterocycles. The Hall–Kier alpha value is 0.655. The molecule has 2 N–H and O–H groups in total. The maximum atomic E-state index is 10.5. The molecule has 51 valence electrons. The number of nitrogens with one attached hydrogen (secondary N) is 1. The lowest BCUT2D eigenvalue weighted by molar-refractivity contribution is 0.251. The van der Waals surface area contributed by atoms with Crippen LogP contribution in [-0.4, -0.2) is 31.1 Å². The van der Waals surface area contributed by atoms with E-state index >= 15 is 0 Å². The third-order valence-electron chi connectivity index (χ3n) is 0.597. The number of hydrogen-bond acceptors (Lipinski definition) is 2. The maximum Gasteiger partial charge on any atom is 0.275 e. The van der Waals surface area contributed by atoms with Crippen LogP contribution in [0.4, 0.5) is 4.79 Å². The Morgan fingerprint density at radius 1 is 1.89 bits per heavy atom. The highest BCUT2D eigenvalue weighted by atomic mass is 127. The van der Waals surface area contributed by atoms with E-state index in [1.165, 1.54) is 0 Å². The number of amides is 1. The molecule has 0 heterocycles. The Kier molecular flexibility index (Phi) is 7.26. The van der Waals surface area contributed by atoms with Crippen LogP contribution in [0, 0.1) is 0 Å². The summed E-state index contributed by atoms with van der Waals surface area (Å²) in [6.07, 6.45) is 0.501. The summed E-state index contributed by atoms with van der Waals surface area (Å²) in [5.74, 6) is -0.100. The summed E-state index contributed by atoms with van der Waals surface area (Å²) in [6, 6.07) is 0. The van der Waals surface area contributed by atoms with Crippen molar-refractivity contribution in [3.63, 3.8) is 0 Å². The van der Waals surface area contributed by atoms with Crippen LogP contribution in [0.2, 0.25) is 0 Å². The molecular weight excluding hydrogens is 251 g/mol. The van der Waals surface area contributed by atoms with E-state index in [1.807, 2.05) is 0 Å². The van der Waals surface area contributed by atoms with E-state index in [2.05, 4.69) is 27.4 Å². The number of aliphatic hydroxyl groups is 1. The van der Waals surface area contributed by atoms with Gasteiger partial charge in [0.15, 0.2) is 5.81 Å². The fourth-order valence-electron chi connectivity index (χ4n) is 0.280. The maximum absolute atomic E-state index is 10.5. The van der Waals surface area contributed by atoms with Crippen LogP contribution in [0.3, 0.4) is 0 Å². The lowest BCUT2D eigenvalue weighted by Gasteiger charge is -1.97. The molecule has 0 aromatic carbocycles. The van der Waals surface area contributed by atoms with Crippen molar-refractivity contribution < 1.29 is 9.90 Å². The SMILES string of the molecule is O=C([B]PI)NCCO. The Balaban J connectivity index is 3.06. The highest BCUT2D eigenvalue weighted by Gasteiger charge is 1.98. The van der Waals surface area contributed by atoms with E-state index in [1.54, 1.807) is 7.00 Å². The number of halogens is 1. The molecule has 0 rings (SSSR count). The molecule has 0 aliphatic carbocycles. The summed E-state index contributed by atoms with van der Waals surface area (Å²) in [5.41, 5.74) is 0. The molecule has 0 bridgehead atoms. The molecule has 0 aromatic rings. The predicted molar refractivity (Wildman–Crippen MR) is 48.6 cm³/mol. The topological polar surface area (TPSA) is 49.3 Å². The molecule has 1 unspecified atom stereocenters. The first-order valence-electron chi connectivity index (χ1n) is 2.39. The molecular formula is C3H7BINO2P. The monoisotopic (exact) mass is 258 g/mol. The second-order valence-electron chi connectivity index (χ2n) is 1.27. The summed E-state index contributed by atoms with van der Waals surface area (Å²) >= 11 is 2.10. The molecule has 1 amide bonds. The van der Waals surface area contributed by atoms with E-state index in [4.69, 9.17) is 5.11 Å². The quantitative estimate of drug-likeness (QED) is 0.433. The first-order valence-corrected chi connectivity index (χ1v) is 6.58. The zero-order valence-electron chi connectivity index (χ0n) is 4.72. The Bertz CT molecular complexity index is 93.9. The summed E-state index contributed by atoms with van der Waals surface area (Å²) in [6.45, 7) is 1.90.